The molecule has 100 valence electrons. The lowest BCUT2D eigenvalue weighted by molar-refractivity contribution is 0.483. The van der Waals surface area contributed by atoms with Crippen LogP contribution in [-0.2, 0) is 0 Å². The predicted molar refractivity (Wildman–Crippen MR) is 78.8 cm³/mol. The summed E-state index contributed by atoms with van der Waals surface area (Å²) in [5, 5.41) is 0.421. The van der Waals surface area contributed by atoms with E-state index in [1.807, 2.05) is 0 Å². The number of aromatic amines is 1. The molecule has 0 atom stereocenters. The van der Waals surface area contributed by atoms with Gasteiger partial charge in [0.2, 0.25) is 0 Å². The summed E-state index contributed by atoms with van der Waals surface area (Å²) >= 11 is 3.31. The minimum atomic E-state index is -0.239. The third-order valence-corrected chi connectivity index (χ3v) is 3.11. The van der Waals surface area contributed by atoms with Crippen LogP contribution in [0.3, 0.4) is 0 Å². The van der Waals surface area contributed by atoms with Gasteiger partial charge < -0.3 is 15.5 Å². The molecule has 0 amide bonds. The molecule has 0 spiro atoms. The van der Waals surface area contributed by atoms with Gasteiger partial charge in [-0.15, -0.1) is 0 Å². The first-order chi connectivity index (χ1) is 9.63. The summed E-state index contributed by atoms with van der Waals surface area (Å²) in [6, 6.07) is 4.94. The van der Waals surface area contributed by atoms with Crippen molar-refractivity contribution in [2.24, 2.45) is 0 Å². The highest BCUT2D eigenvalue weighted by atomic mass is 79.9. The number of nitrogen functional groups attached to an aromatic ring is 1. The predicted octanol–water partition coefficient (Wildman–Crippen LogP) is 2.46. The number of benzene rings is 1. The minimum absolute atomic E-state index is 0.239. The SMILES string of the molecule is Nc1cc2c(=O)[nH]cnc2cc1Oc1cncc(Br)c1. The number of H-pyrrole nitrogens is 1. The number of pyridine rings is 1. The molecule has 3 rings (SSSR count). The van der Waals surface area contributed by atoms with E-state index in [0.717, 1.165) is 4.47 Å². The second kappa shape index (κ2) is 4.93. The maximum absolute atomic E-state index is 11.6. The molecule has 3 aromatic rings. The van der Waals surface area contributed by atoms with E-state index in [1.54, 1.807) is 30.6 Å². The van der Waals surface area contributed by atoms with Crippen LogP contribution in [-0.4, -0.2) is 15.0 Å². The van der Waals surface area contributed by atoms with E-state index in [1.165, 1.54) is 6.33 Å². The van der Waals surface area contributed by atoms with E-state index in [0.29, 0.717) is 28.1 Å². The van der Waals surface area contributed by atoms with Crippen LogP contribution in [0.25, 0.3) is 10.9 Å². The normalized spacial score (nSPS) is 10.7. The second-order valence-electron chi connectivity index (χ2n) is 4.08. The Hall–Kier alpha value is -2.41. The number of hydrogen-bond acceptors (Lipinski definition) is 5. The van der Waals surface area contributed by atoms with Gasteiger partial charge in [-0.25, -0.2) is 4.98 Å². The quantitative estimate of drug-likeness (QED) is 0.703. The summed E-state index contributed by atoms with van der Waals surface area (Å²) < 4.78 is 6.46. The van der Waals surface area contributed by atoms with Crippen LogP contribution >= 0.6 is 15.9 Å². The summed E-state index contributed by atoms with van der Waals surface area (Å²) in [5.41, 5.74) is 6.54. The van der Waals surface area contributed by atoms with Crippen molar-refractivity contribution in [3.63, 3.8) is 0 Å². The Bertz CT molecular complexity index is 847. The Morgan fingerprint density at radius 3 is 2.90 bits per heavy atom. The zero-order valence-corrected chi connectivity index (χ0v) is 11.7. The van der Waals surface area contributed by atoms with Gasteiger partial charge in [-0.1, -0.05) is 0 Å². The lowest BCUT2D eigenvalue weighted by Gasteiger charge is -2.09. The lowest BCUT2D eigenvalue weighted by Crippen LogP contribution is -2.07. The maximum atomic E-state index is 11.6. The molecule has 0 fully saturated rings. The molecule has 0 bridgehead atoms. The molecule has 1 aromatic carbocycles. The number of nitrogens with two attached hydrogens (primary N) is 1. The highest BCUT2D eigenvalue weighted by Crippen LogP contribution is 2.30. The Kier molecular flexibility index (Phi) is 3.11. The largest absolute Gasteiger partial charge is 0.453 e. The van der Waals surface area contributed by atoms with Crippen molar-refractivity contribution < 1.29 is 4.74 Å². The summed E-state index contributed by atoms with van der Waals surface area (Å²) in [7, 11) is 0. The van der Waals surface area contributed by atoms with E-state index in [2.05, 4.69) is 30.9 Å². The van der Waals surface area contributed by atoms with Gasteiger partial charge in [-0.05, 0) is 28.1 Å². The van der Waals surface area contributed by atoms with Gasteiger partial charge in [0.25, 0.3) is 5.56 Å². The average Bonchev–Trinajstić information content (AvgIpc) is 2.41. The van der Waals surface area contributed by atoms with Crippen molar-refractivity contribution in [3.05, 3.63) is 51.7 Å². The number of nitrogens with zero attached hydrogens (tertiary/aromatic N) is 2. The minimum Gasteiger partial charge on any atom is -0.453 e. The fourth-order valence-corrected chi connectivity index (χ4v) is 2.12. The molecule has 20 heavy (non-hydrogen) atoms. The fraction of sp³-hybridized carbons (Fsp3) is 0. The van der Waals surface area contributed by atoms with Crippen LogP contribution in [0.15, 0.2) is 46.2 Å². The molecule has 0 saturated carbocycles. The number of hydrogen-bond donors (Lipinski definition) is 2. The number of nitrogens with one attached hydrogen (secondary N) is 1. The Morgan fingerprint density at radius 1 is 1.25 bits per heavy atom. The lowest BCUT2D eigenvalue weighted by atomic mass is 10.2. The first-order valence-corrected chi connectivity index (χ1v) is 6.48. The molecule has 3 N–H and O–H groups in total. The Morgan fingerprint density at radius 2 is 2.10 bits per heavy atom. The van der Waals surface area contributed by atoms with Gasteiger partial charge in [-0.3, -0.25) is 9.78 Å². The van der Waals surface area contributed by atoms with Gasteiger partial charge >= 0.3 is 0 Å². The maximum Gasteiger partial charge on any atom is 0.258 e. The highest BCUT2D eigenvalue weighted by Gasteiger charge is 2.08. The van der Waals surface area contributed by atoms with E-state index in [9.17, 15) is 4.79 Å². The molecule has 0 aliphatic heterocycles. The smallest absolute Gasteiger partial charge is 0.258 e. The van der Waals surface area contributed by atoms with Crippen LogP contribution in [0.1, 0.15) is 0 Å². The molecule has 0 aliphatic carbocycles. The first kappa shape index (κ1) is 12.6. The van der Waals surface area contributed by atoms with Crippen molar-refractivity contribution >= 4 is 32.5 Å². The van der Waals surface area contributed by atoms with Crippen LogP contribution in [0.5, 0.6) is 11.5 Å². The standard InChI is InChI=1S/C13H9BrN4O2/c14-7-1-8(5-16-4-7)20-12-3-11-9(2-10(12)15)13(19)18-6-17-11/h1-6H,15H2,(H,17,18,19). The number of halogens is 1. The second-order valence-corrected chi connectivity index (χ2v) is 5.00. The van der Waals surface area contributed by atoms with Crippen LogP contribution in [0, 0.1) is 0 Å². The molecule has 7 heteroatoms. The highest BCUT2D eigenvalue weighted by molar-refractivity contribution is 9.10. The number of aromatic nitrogens is 3. The molecule has 6 nitrogen and oxygen atoms in total. The molecule has 0 saturated heterocycles. The zero-order chi connectivity index (χ0) is 14.1. The number of rotatable bonds is 2. The van der Waals surface area contributed by atoms with Crippen molar-refractivity contribution in [1.82, 2.24) is 15.0 Å². The summed E-state index contributed by atoms with van der Waals surface area (Å²) in [6.07, 6.45) is 4.56. The van der Waals surface area contributed by atoms with Crippen molar-refractivity contribution in [2.75, 3.05) is 5.73 Å². The van der Waals surface area contributed by atoms with E-state index in [4.69, 9.17) is 10.5 Å². The van der Waals surface area contributed by atoms with Crippen molar-refractivity contribution in [2.45, 2.75) is 0 Å². The van der Waals surface area contributed by atoms with Crippen molar-refractivity contribution in [3.8, 4) is 11.5 Å². The Balaban J connectivity index is 2.08. The van der Waals surface area contributed by atoms with Gasteiger partial charge in [0, 0.05) is 16.7 Å². The first-order valence-electron chi connectivity index (χ1n) is 5.69. The number of ether oxygens (including phenoxy) is 1. The zero-order valence-electron chi connectivity index (χ0n) is 10.1. The van der Waals surface area contributed by atoms with Crippen molar-refractivity contribution in [1.29, 1.82) is 0 Å². The molecule has 0 radical (unpaired) electrons. The summed E-state index contributed by atoms with van der Waals surface area (Å²) in [6.45, 7) is 0. The van der Waals surface area contributed by atoms with Gasteiger partial charge in [0.05, 0.1) is 29.1 Å². The van der Waals surface area contributed by atoms with Crippen LogP contribution in [0.2, 0.25) is 0 Å². The summed E-state index contributed by atoms with van der Waals surface area (Å²) in [5.74, 6) is 0.964. The monoisotopic (exact) mass is 332 g/mol. The molecule has 2 heterocycles. The van der Waals surface area contributed by atoms with Crippen LogP contribution < -0.4 is 16.0 Å². The van der Waals surface area contributed by atoms with E-state index < -0.39 is 0 Å². The Labute approximate surface area is 121 Å². The van der Waals surface area contributed by atoms with Gasteiger partial charge in [0.1, 0.15) is 5.75 Å². The number of fused-ring (bicyclic) bond motifs is 1. The molecular formula is C13H9BrN4O2. The molecule has 2 aromatic heterocycles. The topological polar surface area (TPSA) is 93.9 Å². The molecule has 0 aliphatic rings. The van der Waals surface area contributed by atoms with Gasteiger partial charge in [-0.2, -0.15) is 0 Å². The molecular weight excluding hydrogens is 324 g/mol. The number of anilines is 1. The van der Waals surface area contributed by atoms with Gasteiger partial charge in [0.15, 0.2) is 5.75 Å². The fourth-order valence-electron chi connectivity index (χ4n) is 1.78. The third-order valence-electron chi connectivity index (χ3n) is 2.68. The molecule has 0 unspecified atom stereocenters. The third kappa shape index (κ3) is 2.35. The average molecular weight is 333 g/mol. The van der Waals surface area contributed by atoms with E-state index >= 15 is 0 Å². The van der Waals surface area contributed by atoms with E-state index in [-0.39, 0.29) is 5.56 Å². The summed E-state index contributed by atoms with van der Waals surface area (Å²) in [4.78, 5) is 22.2. The van der Waals surface area contributed by atoms with Crippen LogP contribution in [0.4, 0.5) is 5.69 Å².